The molecule has 0 aliphatic carbocycles. The van der Waals surface area contributed by atoms with E-state index in [-0.39, 0.29) is 0 Å². The van der Waals surface area contributed by atoms with E-state index < -0.39 is 0 Å². The number of piperidine rings is 1. The maximum Gasteiger partial charge on any atom is -0.00463 e. The van der Waals surface area contributed by atoms with Crippen molar-refractivity contribution in [3.05, 3.63) is 41.8 Å². The Bertz CT molecular complexity index is 300. The number of benzene rings is 1. The van der Waals surface area contributed by atoms with E-state index in [1.54, 1.807) is 0 Å². The highest BCUT2D eigenvalue weighted by Crippen LogP contribution is 2.21. The van der Waals surface area contributed by atoms with Crippen LogP contribution >= 0.6 is 0 Å². The monoisotopic (exact) mass is 202 g/mol. The van der Waals surface area contributed by atoms with Crippen molar-refractivity contribution in [2.75, 3.05) is 13.1 Å². The number of hydrogen-bond acceptors (Lipinski definition) is 1. The molecule has 1 heteroatoms. The van der Waals surface area contributed by atoms with Crippen molar-refractivity contribution in [2.24, 2.45) is 5.92 Å². The van der Waals surface area contributed by atoms with Crippen LogP contribution < -0.4 is 5.32 Å². The van der Waals surface area contributed by atoms with Gasteiger partial charge >= 0.3 is 0 Å². The highest BCUT2D eigenvalue weighted by Gasteiger charge is 2.12. The van der Waals surface area contributed by atoms with Gasteiger partial charge in [-0.25, -0.2) is 0 Å². The molecule has 0 bridgehead atoms. The van der Waals surface area contributed by atoms with E-state index in [0.717, 1.165) is 5.92 Å². The van der Waals surface area contributed by atoms with Crippen LogP contribution in [-0.4, -0.2) is 13.1 Å². The average molecular weight is 202 g/mol. The zero-order valence-electron chi connectivity index (χ0n) is 9.50. The van der Waals surface area contributed by atoms with Crippen molar-refractivity contribution in [3.8, 4) is 0 Å². The minimum atomic E-state index is 0.894. The highest BCUT2D eigenvalue weighted by molar-refractivity contribution is 5.31. The fourth-order valence-corrected chi connectivity index (χ4v) is 2.23. The Morgan fingerprint density at radius 3 is 2.73 bits per heavy atom. The lowest BCUT2D eigenvalue weighted by atomic mass is 9.90. The Kier molecular flexibility index (Phi) is 3.79. The summed E-state index contributed by atoms with van der Waals surface area (Å²) in [6.07, 6.45) is 6.32. The first-order valence-corrected chi connectivity index (χ1v) is 5.96. The summed E-state index contributed by atoms with van der Waals surface area (Å²) in [6.45, 7) is 4.59. The number of aryl methyl sites for hydroxylation is 1. The predicted octanol–water partition coefficient (Wildman–Crippen LogP) is 2.94. The average Bonchev–Trinajstić information content (AvgIpc) is 2.29. The van der Waals surface area contributed by atoms with Crippen LogP contribution in [0.1, 0.15) is 30.4 Å². The normalized spacial score (nSPS) is 17.9. The molecule has 1 radical (unpaired) electrons. The highest BCUT2D eigenvalue weighted by atomic mass is 14.9. The summed E-state index contributed by atoms with van der Waals surface area (Å²) in [6, 6.07) is 8.64. The molecule has 1 aromatic carbocycles. The number of rotatable bonds is 3. The fraction of sp³-hybridized carbons (Fsp3) is 0.500. The van der Waals surface area contributed by atoms with Gasteiger partial charge in [0.2, 0.25) is 0 Å². The van der Waals surface area contributed by atoms with Crippen molar-refractivity contribution in [1.29, 1.82) is 0 Å². The quantitative estimate of drug-likeness (QED) is 0.794. The lowest BCUT2D eigenvalue weighted by Crippen LogP contribution is -2.27. The summed E-state index contributed by atoms with van der Waals surface area (Å²) in [5, 5.41) is 3.41. The van der Waals surface area contributed by atoms with Gasteiger partial charge in [-0.05, 0) is 62.7 Å². The van der Waals surface area contributed by atoms with E-state index in [0.29, 0.717) is 0 Å². The molecule has 15 heavy (non-hydrogen) atoms. The van der Waals surface area contributed by atoms with Crippen molar-refractivity contribution >= 4 is 0 Å². The van der Waals surface area contributed by atoms with E-state index in [4.69, 9.17) is 0 Å². The summed E-state index contributed by atoms with van der Waals surface area (Å²) in [7, 11) is 0. The maximum absolute atomic E-state index is 3.41. The summed E-state index contributed by atoms with van der Waals surface area (Å²) >= 11 is 0. The molecule has 0 unspecified atom stereocenters. The van der Waals surface area contributed by atoms with Gasteiger partial charge < -0.3 is 5.32 Å². The van der Waals surface area contributed by atoms with E-state index in [1.807, 2.05) is 0 Å². The van der Waals surface area contributed by atoms with E-state index in [2.05, 4.69) is 42.9 Å². The minimum Gasteiger partial charge on any atom is -0.317 e. The van der Waals surface area contributed by atoms with Crippen molar-refractivity contribution in [3.63, 3.8) is 0 Å². The summed E-state index contributed by atoms with van der Waals surface area (Å²) < 4.78 is 0. The van der Waals surface area contributed by atoms with Gasteiger partial charge in [0.1, 0.15) is 0 Å². The molecule has 1 N–H and O–H groups in total. The SMILES string of the molecule is Cc1ccccc1[CH]CC1CCNCC1. The molecule has 81 valence electrons. The van der Waals surface area contributed by atoms with Gasteiger partial charge in [-0.1, -0.05) is 24.3 Å². The smallest absolute Gasteiger partial charge is 0.00463 e. The summed E-state index contributed by atoms with van der Waals surface area (Å²) in [5.74, 6) is 0.894. The van der Waals surface area contributed by atoms with E-state index >= 15 is 0 Å². The van der Waals surface area contributed by atoms with Crippen LogP contribution in [0, 0.1) is 19.3 Å². The van der Waals surface area contributed by atoms with Gasteiger partial charge in [0.05, 0.1) is 0 Å². The molecule has 0 spiro atoms. The van der Waals surface area contributed by atoms with E-state index in [1.165, 1.54) is 43.5 Å². The van der Waals surface area contributed by atoms with Crippen LogP contribution in [0.2, 0.25) is 0 Å². The number of hydrogen-bond donors (Lipinski definition) is 1. The zero-order valence-corrected chi connectivity index (χ0v) is 9.50. The largest absolute Gasteiger partial charge is 0.317 e. The molecule has 0 amide bonds. The Morgan fingerprint density at radius 1 is 1.27 bits per heavy atom. The zero-order chi connectivity index (χ0) is 10.5. The molecule has 1 saturated heterocycles. The Hall–Kier alpha value is -0.820. The molecular weight excluding hydrogens is 182 g/mol. The third kappa shape index (κ3) is 3.07. The first-order chi connectivity index (χ1) is 7.36. The van der Waals surface area contributed by atoms with Gasteiger partial charge in [-0.3, -0.25) is 0 Å². The molecule has 1 aliphatic heterocycles. The minimum absolute atomic E-state index is 0.894. The number of nitrogens with one attached hydrogen (secondary N) is 1. The van der Waals surface area contributed by atoms with Crippen molar-refractivity contribution < 1.29 is 0 Å². The second-order valence-corrected chi connectivity index (χ2v) is 4.49. The van der Waals surface area contributed by atoms with Crippen LogP contribution in [0.5, 0.6) is 0 Å². The lowest BCUT2D eigenvalue weighted by Gasteiger charge is -2.22. The third-order valence-electron chi connectivity index (χ3n) is 3.32. The molecule has 1 aliphatic rings. The van der Waals surface area contributed by atoms with Crippen LogP contribution in [0.15, 0.2) is 24.3 Å². The topological polar surface area (TPSA) is 12.0 Å². The van der Waals surface area contributed by atoms with Crippen LogP contribution in [0.3, 0.4) is 0 Å². The second-order valence-electron chi connectivity index (χ2n) is 4.49. The van der Waals surface area contributed by atoms with Crippen LogP contribution in [0.4, 0.5) is 0 Å². The van der Waals surface area contributed by atoms with Gasteiger partial charge in [0.15, 0.2) is 0 Å². The molecule has 1 heterocycles. The molecule has 1 nitrogen and oxygen atoms in total. The predicted molar refractivity (Wildman–Crippen MR) is 64.8 cm³/mol. The molecule has 1 aromatic rings. The fourth-order valence-electron chi connectivity index (χ4n) is 2.23. The van der Waals surface area contributed by atoms with Gasteiger partial charge in [-0.2, -0.15) is 0 Å². The first-order valence-electron chi connectivity index (χ1n) is 5.96. The molecule has 0 atom stereocenters. The standard InChI is InChI=1S/C14H20N/c1-12-4-2-3-5-14(12)7-6-13-8-10-15-11-9-13/h2-5,7,13,15H,6,8-11H2,1H3. The van der Waals surface area contributed by atoms with Gasteiger partial charge in [0.25, 0.3) is 0 Å². The Balaban J connectivity index is 1.84. The van der Waals surface area contributed by atoms with Crippen molar-refractivity contribution in [1.82, 2.24) is 5.32 Å². The van der Waals surface area contributed by atoms with Crippen LogP contribution in [-0.2, 0) is 0 Å². The Labute approximate surface area is 92.9 Å². The maximum atomic E-state index is 3.41. The van der Waals surface area contributed by atoms with Gasteiger partial charge in [-0.15, -0.1) is 0 Å². The molecular formula is C14H20N. The molecule has 2 rings (SSSR count). The second kappa shape index (κ2) is 5.32. The Morgan fingerprint density at radius 2 is 2.00 bits per heavy atom. The molecule has 0 aromatic heterocycles. The first kappa shape index (κ1) is 10.7. The molecule has 0 saturated carbocycles. The van der Waals surface area contributed by atoms with E-state index in [9.17, 15) is 0 Å². The summed E-state index contributed by atoms with van der Waals surface area (Å²) in [4.78, 5) is 0. The lowest BCUT2D eigenvalue weighted by molar-refractivity contribution is 0.372. The molecule has 1 fully saturated rings. The van der Waals surface area contributed by atoms with Crippen LogP contribution in [0.25, 0.3) is 0 Å². The third-order valence-corrected chi connectivity index (χ3v) is 3.32. The van der Waals surface area contributed by atoms with Crippen molar-refractivity contribution in [2.45, 2.75) is 26.2 Å². The summed E-state index contributed by atoms with van der Waals surface area (Å²) in [5.41, 5.74) is 2.81. The van der Waals surface area contributed by atoms with Gasteiger partial charge in [0, 0.05) is 0 Å².